The maximum absolute atomic E-state index is 14.9. The van der Waals surface area contributed by atoms with Gasteiger partial charge in [0, 0.05) is 11.1 Å². The minimum atomic E-state index is -1.90. The molecule has 14 heteroatoms. The number of methoxy groups -OCH3 is 2. The average molecular weight is 649 g/mol. The molecule has 0 aliphatic carbocycles. The van der Waals surface area contributed by atoms with Crippen LogP contribution in [0.5, 0.6) is 23.0 Å². The molecule has 0 unspecified atom stereocenters. The Morgan fingerprint density at radius 1 is 0.543 bits per heavy atom. The van der Waals surface area contributed by atoms with E-state index in [2.05, 4.69) is 20.1 Å². The second kappa shape index (κ2) is 15.2. The van der Waals surface area contributed by atoms with Crippen LogP contribution in [0.15, 0.2) is 48.5 Å². The van der Waals surface area contributed by atoms with Crippen LogP contribution in [0.3, 0.4) is 0 Å². The molecule has 3 rings (SSSR count). The maximum atomic E-state index is 14.9. The van der Waals surface area contributed by atoms with Crippen LogP contribution in [-0.4, -0.2) is 50.1 Å². The summed E-state index contributed by atoms with van der Waals surface area (Å²) in [5.41, 5.74) is 0.103. The Hall–Kier alpha value is -5.14. The fourth-order valence-electron chi connectivity index (χ4n) is 4.05. The molecule has 0 saturated heterocycles. The highest BCUT2D eigenvalue weighted by atomic mass is 19.2. The topological polar surface area (TPSA) is 129 Å². The molecule has 246 valence electrons. The van der Waals surface area contributed by atoms with Gasteiger partial charge in [0.2, 0.25) is 34.8 Å². The fraction of sp³-hybridized carbons (Fsp3) is 0.312. The number of carbonyl (C=O) groups excluding carboxylic acids is 4. The first-order valence-corrected chi connectivity index (χ1v) is 13.9. The van der Waals surface area contributed by atoms with Gasteiger partial charge in [0.05, 0.1) is 14.2 Å². The molecule has 0 fully saturated rings. The smallest absolute Gasteiger partial charge is 0.328 e. The van der Waals surface area contributed by atoms with Crippen molar-refractivity contribution in [1.82, 2.24) is 10.6 Å². The normalized spacial score (nSPS) is 12.3. The first kappa shape index (κ1) is 35.3. The molecule has 0 aromatic heterocycles. The van der Waals surface area contributed by atoms with Crippen molar-refractivity contribution in [2.45, 2.75) is 39.8 Å². The summed E-state index contributed by atoms with van der Waals surface area (Å²) >= 11 is 0. The van der Waals surface area contributed by atoms with Crippen LogP contribution in [0.2, 0.25) is 0 Å². The third kappa shape index (κ3) is 8.11. The summed E-state index contributed by atoms with van der Waals surface area (Å²) < 4.78 is 79.1. The van der Waals surface area contributed by atoms with Gasteiger partial charge in [-0.25, -0.2) is 9.59 Å². The van der Waals surface area contributed by atoms with E-state index in [1.807, 2.05) is 0 Å². The number of carbonyl (C=O) groups is 4. The summed E-state index contributed by atoms with van der Waals surface area (Å²) in [7, 11) is 2.36. The molecule has 0 heterocycles. The number of halogens is 4. The Balaban J connectivity index is 1.76. The number of benzene rings is 3. The Morgan fingerprint density at radius 2 is 0.826 bits per heavy atom. The van der Waals surface area contributed by atoms with Crippen LogP contribution < -0.4 is 20.1 Å². The Morgan fingerprint density at radius 3 is 1.07 bits per heavy atom. The van der Waals surface area contributed by atoms with Crippen molar-refractivity contribution in [2.24, 2.45) is 11.8 Å². The monoisotopic (exact) mass is 648 g/mol. The summed E-state index contributed by atoms with van der Waals surface area (Å²) in [5.74, 6) is -14.1. The van der Waals surface area contributed by atoms with E-state index in [1.165, 1.54) is 38.5 Å². The molecule has 10 nitrogen and oxygen atoms in total. The lowest BCUT2D eigenvalue weighted by molar-refractivity contribution is -0.144. The molecule has 46 heavy (non-hydrogen) atoms. The minimum absolute atomic E-state index is 0.0515. The SMILES string of the molecule is COC(=O)[C@@H](NC(=O)c1ccc(Oc2c(F)c(F)c(Oc3ccc(C(=O)N[C@@H](C(=O)OC)C(C)C)cc3)c(F)c2F)cc1)C(C)C. The lowest BCUT2D eigenvalue weighted by Gasteiger charge is -2.20. The summed E-state index contributed by atoms with van der Waals surface area (Å²) in [6.07, 6.45) is 0. The third-order valence-corrected chi connectivity index (χ3v) is 6.67. The molecule has 0 aliphatic rings. The van der Waals surface area contributed by atoms with Crippen LogP contribution >= 0.6 is 0 Å². The number of hydrogen-bond donors (Lipinski definition) is 2. The van der Waals surface area contributed by atoms with Crippen molar-refractivity contribution in [3.05, 3.63) is 82.9 Å². The first-order chi connectivity index (χ1) is 21.7. The van der Waals surface area contributed by atoms with Crippen molar-refractivity contribution < 1.29 is 55.7 Å². The molecule has 3 aromatic carbocycles. The molecular weight excluding hydrogens is 616 g/mol. The van der Waals surface area contributed by atoms with Crippen molar-refractivity contribution in [2.75, 3.05) is 14.2 Å². The van der Waals surface area contributed by atoms with Crippen LogP contribution in [0.4, 0.5) is 17.6 Å². The van der Waals surface area contributed by atoms with E-state index in [0.29, 0.717) is 0 Å². The number of hydrogen-bond acceptors (Lipinski definition) is 8. The molecule has 3 aromatic rings. The Labute approximate surface area is 262 Å². The number of amides is 2. The van der Waals surface area contributed by atoms with E-state index in [4.69, 9.17) is 9.47 Å². The fourth-order valence-corrected chi connectivity index (χ4v) is 4.05. The third-order valence-electron chi connectivity index (χ3n) is 6.67. The van der Waals surface area contributed by atoms with Crippen LogP contribution in [-0.2, 0) is 19.1 Å². The zero-order valence-electron chi connectivity index (χ0n) is 25.7. The standard InChI is InChI=1S/C32H32F4N2O8/c1-15(2)25(31(41)43-5)37-29(39)17-7-11-19(12-8-17)45-27-21(33)23(35)28(24(36)22(27)34)46-20-13-9-18(10-14-20)30(40)38-26(16(3)4)32(42)44-6/h7-16,25-26H,1-6H3,(H,37,39)(H,38,40)/t25-,26+. The molecule has 0 spiro atoms. The lowest BCUT2D eigenvalue weighted by atomic mass is 10.0. The molecule has 2 atom stereocenters. The molecule has 0 aliphatic heterocycles. The van der Waals surface area contributed by atoms with Crippen LogP contribution in [0.1, 0.15) is 48.4 Å². The lowest BCUT2D eigenvalue weighted by Crippen LogP contribution is -2.45. The molecular formula is C32H32F4N2O8. The van der Waals surface area contributed by atoms with E-state index in [9.17, 15) is 36.7 Å². The second-order valence-corrected chi connectivity index (χ2v) is 10.6. The van der Waals surface area contributed by atoms with Crippen molar-refractivity contribution in [3.63, 3.8) is 0 Å². The van der Waals surface area contributed by atoms with E-state index in [-0.39, 0.29) is 34.5 Å². The number of ether oxygens (including phenoxy) is 4. The van der Waals surface area contributed by atoms with Gasteiger partial charge < -0.3 is 29.6 Å². The van der Waals surface area contributed by atoms with Gasteiger partial charge in [-0.2, -0.15) is 17.6 Å². The van der Waals surface area contributed by atoms with Gasteiger partial charge >= 0.3 is 11.9 Å². The zero-order chi connectivity index (χ0) is 34.3. The van der Waals surface area contributed by atoms with E-state index < -0.39 is 70.6 Å². The van der Waals surface area contributed by atoms with Crippen molar-refractivity contribution >= 4 is 23.8 Å². The average Bonchev–Trinajstić information content (AvgIpc) is 3.04. The number of esters is 2. The maximum Gasteiger partial charge on any atom is 0.328 e. The van der Waals surface area contributed by atoms with Crippen LogP contribution in [0.25, 0.3) is 0 Å². The summed E-state index contributed by atoms with van der Waals surface area (Å²) in [6, 6.07) is 7.48. The summed E-state index contributed by atoms with van der Waals surface area (Å²) in [6.45, 7) is 6.80. The van der Waals surface area contributed by atoms with Crippen molar-refractivity contribution in [1.29, 1.82) is 0 Å². The molecule has 2 N–H and O–H groups in total. The molecule has 0 saturated carbocycles. The van der Waals surface area contributed by atoms with Crippen LogP contribution in [0, 0.1) is 35.1 Å². The molecule has 0 radical (unpaired) electrons. The van der Waals surface area contributed by atoms with Gasteiger partial charge in [-0.3, -0.25) is 9.59 Å². The summed E-state index contributed by atoms with van der Waals surface area (Å²) in [5, 5.41) is 5.03. The molecule has 2 amide bonds. The highest BCUT2D eigenvalue weighted by Crippen LogP contribution is 2.38. The first-order valence-electron chi connectivity index (χ1n) is 13.9. The van der Waals surface area contributed by atoms with Gasteiger partial charge in [0.15, 0.2) is 0 Å². The summed E-state index contributed by atoms with van der Waals surface area (Å²) in [4.78, 5) is 48.9. The predicted molar refractivity (Wildman–Crippen MR) is 156 cm³/mol. The van der Waals surface area contributed by atoms with Gasteiger partial charge in [-0.15, -0.1) is 0 Å². The van der Waals surface area contributed by atoms with E-state index in [0.717, 1.165) is 24.3 Å². The number of nitrogens with one attached hydrogen (secondary N) is 2. The van der Waals surface area contributed by atoms with Gasteiger partial charge in [0.25, 0.3) is 11.8 Å². The van der Waals surface area contributed by atoms with E-state index in [1.54, 1.807) is 27.7 Å². The largest absolute Gasteiger partial charge is 0.467 e. The van der Waals surface area contributed by atoms with Crippen molar-refractivity contribution in [3.8, 4) is 23.0 Å². The number of rotatable bonds is 12. The van der Waals surface area contributed by atoms with E-state index >= 15 is 0 Å². The van der Waals surface area contributed by atoms with Gasteiger partial charge in [-0.05, 0) is 60.4 Å². The molecule has 0 bridgehead atoms. The Kier molecular flexibility index (Phi) is 11.7. The quantitative estimate of drug-likeness (QED) is 0.146. The zero-order valence-corrected chi connectivity index (χ0v) is 25.7. The highest BCUT2D eigenvalue weighted by molar-refractivity contribution is 5.97. The Bertz CT molecular complexity index is 1450. The highest BCUT2D eigenvalue weighted by Gasteiger charge is 2.30. The predicted octanol–water partition coefficient (Wildman–Crippen LogP) is 5.68. The second-order valence-electron chi connectivity index (χ2n) is 10.6. The van der Waals surface area contributed by atoms with Gasteiger partial charge in [-0.1, -0.05) is 27.7 Å². The minimum Gasteiger partial charge on any atom is -0.467 e. The van der Waals surface area contributed by atoms with Gasteiger partial charge in [0.1, 0.15) is 23.6 Å².